The molecular weight excluding hydrogens is 412 g/mol. The molecule has 0 atom stereocenters. The first-order valence-electron chi connectivity index (χ1n) is 10.1. The van der Waals surface area contributed by atoms with Crippen molar-refractivity contribution < 1.29 is 14.3 Å². The minimum Gasteiger partial charge on any atom is -0.482 e. The molecule has 3 aromatic carbocycles. The lowest BCUT2D eigenvalue weighted by Gasteiger charge is -2.30. The van der Waals surface area contributed by atoms with E-state index in [9.17, 15) is 9.59 Å². The second-order valence-corrected chi connectivity index (χ2v) is 8.05. The van der Waals surface area contributed by atoms with Crippen LogP contribution in [-0.4, -0.2) is 18.4 Å². The van der Waals surface area contributed by atoms with Gasteiger partial charge >= 0.3 is 0 Å². The number of hydrogen-bond donors (Lipinski definition) is 1. The van der Waals surface area contributed by atoms with Crippen LogP contribution < -0.4 is 15.0 Å². The lowest BCUT2D eigenvalue weighted by molar-refractivity contribution is -0.121. The molecule has 4 rings (SSSR count). The van der Waals surface area contributed by atoms with Crippen molar-refractivity contribution in [3.05, 3.63) is 88.4 Å². The number of carbonyl (C=O) groups excluding carboxylic acids is 2. The van der Waals surface area contributed by atoms with Crippen molar-refractivity contribution in [2.45, 2.75) is 26.3 Å². The van der Waals surface area contributed by atoms with Gasteiger partial charge in [-0.05, 0) is 54.8 Å². The zero-order valence-electron chi connectivity index (χ0n) is 17.2. The van der Waals surface area contributed by atoms with Gasteiger partial charge in [0.05, 0.1) is 12.2 Å². The number of fused-ring (bicyclic) bond motifs is 1. The van der Waals surface area contributed by atoms with Crippen molar-refractivity contribution >= 4 is 34.8 Å². The molecule has 0 saturated carbocycles. The van der Waals surface area contributed by atoms with Crippen LogP contribution in [0.25, 0.3) is 0 Å². The fourth-order valence-electron chi connectivity index (χ4n) is 3.46. The third kappa shape index (κ3) is 5.25. The summed E-state index contributed by atoms with van der Waals surface area (Å²) in [5.41, 5.74) is 4.55. The Bertz CT molecular complexity index is 1090. The minimum atomic E-state index is -0.134. The molecule has 0 spiro atoms. The number of hydrogen-bond acceptors (Lipinski definition) is 3. The summed E-state index contributed by atoms with van der Waals surface area (Å²) < 4.78 is 5.57. The second kappa shape index (κ2) is 9.23. The maximum Gasteiger partial charge on any atom is 0.265 e. The molecule has 0 fully saturated rings. The number of amides is 2. The minimum absolute atomic E-state index is 0.0111. The number of halogens is 1. The van der Waals surface area contributed by atoms with Crippen LogP contribution in [0.5, 0.6) is 5.75 Å². The molecule has 1 aliphatic rings. The lowest BCUT2D eigenvalue weighted by Crippen LogP contribution is -2.38. The van der Waals surface area contributed by atoms with Crippen molar-refractivity contribution in [1.29, 1.82) is 0 Å². The SMILES string of the molecule is Cc1ccc(CCC(=O)Nc2ccc3c(c2)N(Cc2ccc(Cl)cc2)C(=O)CO3)cc1. The number of nitrogens with zero attached hydrogens (tertiary/aromatic N) is 1. The van der Waals surface area contributed by atoms with Gasteiger partial charge in [-0.1, -0.05) is 53.6 Å². The Morgan fingerprint density at radius 3 is 2.48 bits per heavy atom. The van der Waals surface area contributed by atoms with E-state index in [1.54, 1.807) is 35.2 Å². The van der Waals surface area contributed by atoms with Gasteiger partial charge in [-0.2, -0.15) is 0 Å². The van der Waals surface area contributed by atoms with Crippen LogP contribution in [0, 0.1) is 6.92 Å². The zero-order chi connectivity index (χ0) is 21.8. The molecular formula is C25H23ClN2O3. The van der Waals surface area contributed by atoms with Gasteiger partial charge in [0, 0.05) is 17.1 Å². The van der Waals surface area contributed by atoms with Crippen molar-refractivity contribution in [1.82, 2.24) is 0 Å². The summed E-state index contributed by atoms with van der Waals surface area (Å²) in [6.07, 6.45) is 1.05. The molecule has 0 aromatic heterocycles. The average Bonchev–Trinajstić information content (AvgIpc) is 2.77. The predicted octanol–water partition coefficient (Wildman–Crippen LogP) is 5.15. The number of aryl methyl sites for hydroxylation is 2. The fraction of sp³-hybridized carbons (Fsp3) is 0.200. The molecule has 3 aromatic rings. The van der Waals surface area contributed by atoms with Gasteiger partial charge < -0.3 is 15.0 Å². The standard InChI is InChI=1S/C25H23ClN2O3/c1-17-2-4-18(5-3-17)8-13-24(29)27-21-11-12-23-22(14-21)28(25(30)16-31-23)15-19-6-9-20(26)10-7-19/h2-7,9-12,14H,8,13,15-16H2,1H3,(H,27,29). The molecule has 0 saturated heterocycles. The summed E-state index contributed by atoms with van der Waals surface area (Å²) in [4.78, 5) is 26.7. The van der Waals surface area contributed by atoms with Gasteiger partial charge in [-0.15, -0.1) is 0 Å². The van der Waals surface area contributed by atoms with Gasteiger partial charge in [-0.25, -0.2) is 0 Å². The molecule has 0 bridgehead atoms. The molecule has 31 heavy (non-hydrogen) atoms. The van der Waals surface area contributed by atoms with Crippen LogP contribution in [-0.2, 0) is 22.6 Å². The van der Waals surface area contributed by atoms with E-state index in [4.69, 9.17) is 16.3 Å². The Morgan fingerprint density at radius 2 is 1.74 bits per heavy atom. The summed E-state index contributed by atoms with van der Waals surface area (Å²) in [6.45, 7) is 2.43. The van der Waals surface area contributed by atoms with E-state index in [1.165, 1.54) is 5.56 Å². The van der Waals surface area contributed by atoms with Crippen molar-refractivity contribution in [2.75, 3.05) is 16.8 Å². The maximum atomic E-state index is 12.5. The number of benzene rings is 3. The Balaban J connectivity index is 1.46. The van der Waals surface area contributed by atoms with Crippen LogP contribution in [0.2, 0.25) is 5.02 Å². The largest absolute Gasteiger partial charge is 0.482 e. The Labute approximate surface area is 186 Å². The third-order valence-corrected chi connectivity index (χ3v) is 5.45. The van der Waals surface area contributed by atoms with Crippen LogP contribution in [0.4, 0.5) is 11.4 Å². The monoisotopic (exact) mass is 434 g/mol. The quantitative estimate of drug-likeness (QED) is 0.584. The molecule has 1 aliphatic heterocycles. The van der Waals surface area contributed by atoms with E-state index in [2.05, 4.69) is 5.32 Å². The number of anilines is 2. The number of rotatable bonds is 6. The van der Waals surface area contributed by atoms with Crippen molar-refractivity contribution in [3.63, 3.8) is 0 Å². The summed E-state index contributed by atoms with van der Waals surface area (Å²) in [5.74, 6) is 0.407. The summed E-state index contributed by atoms with van der Waals surface area (Å²) in [5, 5.41) is 3.58. The van der Waals surface area contributed by atoms with E-state index < -0.39 is 0 Å². The first kappa shape index (κ1) is 20.9. The summed E-state index contributed by atoms with van der Waals surface area (Å²) >= 11 is 5.96. The smallest absolute Gasteiger partial charge is 0.265 e. The molecule has 0 unspecified atom stereocenters. The zero-order valence-corrected chi connectivity index (χ0v) is 18.0. The van der Waals surface area contributed by atoms with Crippen molar-refractivity contribution in [2.24, 2.45) is 0 Å². The highest BCUT2D eigenvalue weighted by molar-refractivity contribution is 6.30. The first-order chi connectivity index (χ1) is 15.0. The third-order valence-electron chi connectivity index (χ3n) is 5.20. The maximum absolute atomic E-state index is 12.5. The van der Waals surface area contributed by atoms with E-state index in [-0.39, 0.29) is 18.4 Å². The molecule has 6 heteroatoms. The molecule has 0 aliphatic carbocycles. The average molecular weight is 435 g/mol. The topological polar surface area (TPSA) is 58.6 Å². The lowest BCUT2D eigenvalue weighted by atomic mass is 10.1. The number of nitrogens with one attached hydrogen (secondary N) is 1. The van der Waals surface area contributed by atoms with Crippen molar-refractivity contribution in [3.8, 4) is 5.75 Å². The molecule has 5 nitrogen and oxygen atoms in total. The van der Waals surface area contributed by atoms with Crippen LogP contribution in [0.1, 0.15) is 23.1 Å². The van der Waals surface area contributed by atoms with E-state index in [0.717, 1.165) is 11.1 Å². The highest BCUT2D eigenvalue weighted by Crippen LogP contribution is 2.35. The van der Waals surface area contributed by atoms with E-state index in [1.807, 2.05) is 43.3 Å². The Hall–Kier alpha value is -3.31. The fourth-order valence-corrected chi connectivity index (χ4v) is 3.59. The van der Waals surface area contributed by atoms with Crippen LogP contribution >= 0.6 is 11.6 Å². The van der Waals surface area contributed by atoms with Gasteiger partial charge in [0.25, 0.3) is 5.91 Å². The highest BCUT2D eigenvalue weighted by Gasteiger charge is 2.26. The van der Waals surface area contributed by atoms with E-state index >= 15 is 0 Å². The molecule has 0 radical (unpaired) electrons. The predicted molar refractivity (Wildman–Crippen MR) is 123 cm³/mol. The number of carbonyl (C=O) groups is 2. The normalized spacial score (nSPS) is 12.8. The van der Waals surface area contributed by atoms with Gasteiger partial charge in [0.2, 0.25) is 5.91 Å². The van der Waals surface area contributed by atoms with Crippen LogP contribution in [0.3, 0.4) is 0 Å². The van der Waals surface area contributed by atoms with Gasteiger partial charge in [-0.3, -0.25) is 9.59 Å². The molecule has 158 valence electrons. The molecule has 1 heterocycles. The molecule has 1 N–H and O–H groups in total. The Morgan fingerprint density at radius 1 is 1.03 bits per heavy atom. The van der Waals surface area contributed by atoms with E-state index in [0.29, 0.717) is 41.5 Å². The van der Waals surface area contributed by atoms with Gasteiger partial charge in [0.1, 0.15) is 5.75 Å². The summed E-state index contributed by atoms with van der Waals surface area (Å²) in [7, 11) is 0. The van der Waals surface area contributed by atoms with Gasteiger partial charge in [0.15, 0.2) is 6.61 Å². The van der Waals surface area contributed by atoms with Crippen LogP contribution in [0.15, 0.2) is 66.7 Å². The molecule has 2 amide bonds. The Kier molecular flexibility index (Phi) is 6.23. The first-order valence-corrected chi connectivity index (χ1v) is 10.5. The highest BCUT2D eigenvalue weighted by atomic mass is 35.5. The summed E-state index contributed by atoms with van der Waals surface area (Å²) in [6, 6.07) is 20.9. The second-order valence-electron chi connectivity index (χ2n) is 7.61. The number of ether oxygens (including phenoxy) is 1.